The molecule has 1 fully saturated rings. The SMILES string of the molecule is Fc1cc(F)c(-c2ccc(CNC3CC3)cc2F)c(F)c1. The van der Waals surface area contributed by atoms with Crippen molar-refractivity contribution in [1.82, 2.24) is 5.32 Å². The van der Waals surface area contributed by atoms with E-state index >= 15 is 0 Å². The second-order valence-electron chi connectivity index (χ2n) is 5.21. The van der Waals surface area contributed by atoms with Crippen molar-refractivity contribution < 1.29 is 17.6 Å². The molecule has 5 heteroatoms. The molecular formula is C16H13F4N. The van der Waals surface area contributed by atoms with Crippen molar-refractivity contribution in [3.8, 4) is 11.1 Å². The van der Waals surface area contributed by atoms with Crippen LogP contribution in [0.3, 0.4) is 0 Å². The number of benzene rings is 2. The summed E-state index contributed by atoms with van der Waals surface area (Å²) >= 11 is 0. The molecule has 1 N–H and O–H groups in total. The zero-order valence-corrected chi connectivity index (χ0v) is 11.1. The van der Waals surface area contributed by atoms with Gasteiger partial charge in [-0.05, 0) is 24.5 Å². The van der Waals surface area contributed by atoms with Crippen LogP contribution in [0.1, 0.15) is 18.4 Å². The Labute approximate surface area is 119 Å². The number of rotatable bonds is 4. The molecule has 0 unspecified atom stereocenters. The molecular weight excluding hydrogens is 282 g/mol. The molecule has 1 aliphatic rings. The largest absolute Gasteiger partial charge is 0.310 e. The third kappa shape index (κ3) is 3.08. The van der Waals surface area contributed by atoms with Crippen molar-refractivity contribution in [2.24, 2.45) is 0 Å². The zero-order chi connectivity index (χ0) is 15.0. The molecule has 2 aromatic rings. The van der Waals surface area contributed by atoms with E-state index in [4.69, 9.17) is 0 Å². The first-order valence-corrected chi connectivity index (χ1v) is 6.71. The van der Waals surface area contributed by atoms with Crippen LogP contribution in [0.5, 0.6) is 0 Å². The van der Waals surface area contributed by atoms with E-state index in [0.717, 1.165) is 12.8 Å². The van der Waals surface area contributed by atoms with Crippen LogP contribution >= 0.6 is 0 Å². The second-order valence-corrected chi connectivity index (χ2v) is 5.21. The van der Waals surface area contributed by atoms with Gasteiger partial charge in [0.2, 0.25) is 0 Å². The molecule has 0 radical (unpaired) electrons. The van der Waals surface area contributed by atoms with Gasteiger partial charge >= 0.3 is 0 Å². The number of halogens is 4. The van der Waals surface area contributed by atoms with Gasteiger partial charge < -0.3 is 5.32 Å². The number of hydrogen-bond donors (Lipinski definition) is 1. The summed E-state index contributed by atoms with van der Waals surface area (Å²) in [7, 11) is 0. The third-order valence-corrected chi connectivity index (χ3v) is 3.48. The first-order valence-electron chi connectivity index (χ1n) is 6.71. The lowest BCUT2D eigenvalue weighted by atomic mass is 10.0. The Morgan fingerprint density at radius 1 is 0.905 bits per heavy atom. The predicted octanol–water partition coefficient (Wildman–Crippen LogP) is 4.16. The maximum Gasteiger partial charge on any atom is 0.136 e. The minimum absolute atomic E-state index is 0.208. The molecule has 3 rings (SSSR count). The van der Waals surface area contributed by atoms with E-state index in [1.807, 2.05) is 0 Å². The van der Waals surface area contributed by atoms with Crippen LogP contribution < -0.4 is 5.32 Å². The summed E-state index contributed by atoms with van der Waals surface area (Å²) in [5, 5.41) is 3.23. The zero-order valence-electron chi connectivity index (χ0n) is 11.1. The van der Waals surface area contributed by atoms with E-state index in [-0.39, 0.29) is 5.56 Å². The monoisotopic (exact) mass is 295 g/mol. The first kappa shape index (κ1) is 14.1. The van der Waals surface area contributed by atoms with Gasteiger partial charge in [0, 0.05) is 30.3 Å². The van der Waals surface area contributed by atoms with Crippen molar-refractivity contribution in [2.45, 2.75) is 25.4 Å². The average molecular weight is 295 g/mol. The highest BCUT2D eigenvalue weighted by Gasteiger charge is 2.21. The fraction of sp³-hybridized carbons (Fsp3) is 0.250. The highest BCUT2D eigenvalue weighted by atomic mass is 19.1. The Hall–Kier alpha value is -1.88. The molecule has 0 bridgehead atoms. The number of nitrogens with one attached hydrogen (secondary N) is 1. The molecule has 1 aliphatic carbocycles. The van der Waals surface area contributed by atoms with E-state index in [2.05, 4.69) is 5.32 Å². The highest BCUT2D eigenvalue weighted by molar-refractivity contribution is 5.66. The Kier molecular flexibility index (Phi) is 3.68. The van der Waals surface area contributed by atoms with Crippen LogP contribution in [-0.4, -0.2) is 6.04 Å². The van der Waals surface area contributed by atoms with Gasteiger partial charge in [0.1, 0.15) is 23.3 Å². The molecule has 0 atom stereocenters. The lowest BCUT2D eigenvalue weighted by Gasteiger charge is -2.09. The Morgan fingerprint density at radius 3 is 2.14 bits per heavy atom. The summed E-state index contributed by atoms with van der Waals surface area (Å²) in [6.45, 7) is 0.510. The van der Waals surface area contributed by atoms with Gasteiger partial charge in [-0.1, -0.05) is 12.1 Å². The van der Waals surface area contributed by atoms with Gasteiger partial charge in [0.05, 0.1) is 5.56 Å². The molecule has 110 valence electrons. The molecule has 1 saturated carbocycles. The van der Waals surface area contributed by atoms with Gasteiger partial charge in [0.25, 0.3) is 0 Å². The fourth-order valence-corrected chi connectivity index (χ4v) is 2.22. The molecule has 0 saturated heterocycles. The second kappa shape index (κ2) is 5.48. The molecule has 0 aliphatic heterocycles. The minimum atomic E-state index is -1.12. The molecule has 0 aromatic heterocycles. The molecule has 1 nitrogen and oxygen atoms in total. The van der Waals surface area contributed by atoms with Crippen molar-refractivity contribution in [1.29, 1.82) is 0 Å². The van der Waals surface area contributed by atoms with Crippen LogP contribution in [0.4, 0.5) is 17.6 Å². The van der Waals surface area contributed by atoms with Gasteiger partial charge in [-0.2, -0.15) is 0 Å². The van der Waals surface area contributed by atoms with E-state index in [1.54, 1.807) is 6.07 Å². The van der Waals surface area contributed by atoms with Crippen LogP contribution in [0.2, 0.25) is 0 Å². The van der Waals surface area contributed by atoms with E-state index in [9.17, 15) is 17.6 Å². The summed E-state index contributed by atoms with van der Waals surface area (Å²) in [5.41, 5.74) is -0.0538. The maximum absolute atomic E-state index is 14.1. The van der Waals surface area contributed by atoms with Crippen molar-refractivity contribution in [2.75, 3.05) is 0 Å². The van der Waals surface area contributed by atoms with Crippen LogP contribution in [0.15, 0.2) is 30.3 Å². The molecule has 21 heavy (non-hydrogen) atoms. The predicted molar refractivity (Wildman–Crippen MR) is 71.6 cm³/mol. The van der Waals surface area contributed by atoms with Gasteiger partial charge in [-0.3, -0.25) is 0 Å². The van der Waals surface area contributed by atoms with Crippen LogP contribution in [-0.2, 0) is 6.54 Å². The van der Waals surface area contributed by atoms with Gasteiger partial charge in [-0.25, -0.2) is 17.6 Å². The summed E-state index contributed by atoms with van der Waals surface area (Å²) in [6, 6.07) is 5.74. The van der Waals surface area contributed by atoms with E-state index in [1.165, 1.54) is 12.1 Å². The lowest BCUT2D eigenvalue weighted by molar-refractivity contribution is 0.545. The van der Waals surface area contributed by atoms with Crippen molar-refractivity contribution in [3.05, 3.63) is 59.2 Å². The molecule has 2 aromatic carbocycles. The summed E-state index contributed by atoms with van der Waals surface area (Å²) < 4.78 is 54.3. The summed E-state index contributed by atoms with van der Waals surface area (Å²) in [5.74, 6) is -3.99. The summed E-state index contributed by atoms with van der Waals surface area (Å²) in [6.07, 6.45) is 2.24. The van der Waals surface area contributed by atoms with Crippen molar-refractivity contribution >= 4 is 0 Å². The minimum Gasteiger partial charge on any atom is -0.310 e. The van der Waals surface area contributed by atoms with Crippen LogP contribution in [0.25, 0.3) is 11.1 Å². The average Bonchev–Trinajstić information content (AvgIpc) is 3.21. The van der Waals surface area contributed by atoms with E-state index in [0.29, 0.717) is 30.3 Å². The first-order chi connectivity index (χ1) is 10.0. The fourth-order valence-electron chi connectivity index (χ4n) is 2.22. The lowest BCUT2D eigenvalue weighted by Crippen LogP contribution is -2.15. The Bertz CT molecular complexity index is 657. The maximum atomic E-state index is 14.1. The quantitative estimate of drug-likeness (QED) is 0.835. The summed E-state index contributed by atoms with van der Waals surface area (Å²) in [4.78, 5) is 0. The van der Waals surface area contributed by atoms with Gasteiger partial charge in [-0.15, -0.1) is 0 Å². The topological polar surface area (TPSA) is 12.0 Å². The molecule has 0 heterocycles. The van der Waals surface area contributed by atoms with Gasteiger partial charge in [0.15, 0.2) is 0 Å². The van der Waals surface area contributed by atoms with E-state index < -0.39 is 28.8 Å². The van der Waals surface area contributed by atoms with Crippen molar-refractivity contribution in [3.63, 3.8) is 0 Å². The third-order valence-electron chi connectivity index (χ3n) is 3.48. The molecule has 0 amide bonds. The standard InChI is InChI=1S/C16H13F4N/c17-10-6-14(19)16(15(20)7-10)12-4-1-9(5-13(12)18)8-21-11-2-3-11/h1,4-7,11,21H,2-3,8H2. The Morgan fingerprint density at radius 2 is 1.57 bits per heavy atom. The normalized spacial score (nSPS) is 14.5. The molecule has 0 spiro atoms. The number of hydrogen-bond acceptors (Lipinski definition) is 1. The smallest absolute Gasteiger partial charge is 0.136 e. The Balaban J connectivity index is 1.91. The highest BCUT2D eigenvalue weighted by Crippen LogP contribution is 2.30. The van der Waals surface area contributed by atoms with Crippen LogP contribution in [0, 0.1) is 23.3 Å².